The summed E-state index contributed by atoms with van der Waals surface area (Å²) in [4.78, 5) is 0. The first-order chi connectivity index (χ1) is 7.99. The second kappa shape index (κ2) is 4.34. The highest BCUT2D eigenvalue weighted by atomic mass is 16.5. The molecule has 1 saturated carbocycles. The number of rotatable bonds is 3. The largest absolute Gasteiger partial charge is 0.496 e. The van der Waals surface area contributed by atoms with E-state index in [0.29, 0.717) is 5.92 Å². The van der Waals surface area contributed by atoms with Crippen LogP contribution in [0.1, 0.15) is 55.7 Å². The highest BCUT2D eigenvalue weighted by Gasteiger charge is 2.39. The highest BCUT2D eigenvalue weighted by Crippen LogP contribution is 2.47. The number of ether oxygens (including phenoxy) is 1. The number of aryl methyl sites for hydroxylation is 1. The summed E-state index contributed by atoms with van der Waals surface area (Å²) in [5.41, 5.74) is 10.1. The fourth-order valence-electron chi connectivity index (χ4n) is 2.77. The second-order valence-corrected chi connectivity index (χ2v) is 5.54. The Morgan fingerprint density at radius 2 is 1.94 bits per heavy atom. The van der Waals surface area contributed by atoms with E-state index in [0.717, 1.165) is 18.6 Å². The quantitative estimate of drug-likeness (QED) is 0.867. The molecule has 2 nitrogen and oxygen atoms in total. The molecule has 2 N–H and O–H groups in total. The lowest BCUT2D eigenvalue weighted by atomic mass is 9.69. The topological polar surface area (TPSA) is 35.2 Å². The number of methoxy groups -OCH3 is 1. The van der Waals surface area contributed by atoms with Crippen molar-refractivity contribution in [3.05, 3.63) is 28.8 Å². The Labute approximate surface area is 104 Å². The van der Waals surface area contributed by atoms with Gasteiger partial charge in [-0.2, -0.15) is 0 Å². The standard InChI is InChI=1S/C15H23NO/c1-10(2)12-7-6-11(3)14(17-4)13(12)15(16)8-5-9-15/h6-7,10H,5,8-9,16H2,1-4H3. The lowest BCUT2D eigenvalue weighted by molar-refractivity contribution is 0.241. The van der Waals surface area contributed by atoms with Crippen LogP contribution in [0.2, 0.25) is 0 Å². The first kappa shape index (κ1) is 12.4. The van der Waals surface area contributed by atoms with E-state index in [1.807, 2.05) is 0 Å². The molecule has 0 bridgehead atoms. The summed E-state index contributed by atoms with van der Waals surface area (Å²) in [7, 11) is 1.75. The first-order valence-corrected chi connectivity index (χ1v) is 6.46. The number of benzene rings is 1. The van der Waals surface area contributed by atoms with Crippen molar-refractivity contribution in [3.63, 3.8) is 0 Å². The molecule has 0 atom stereocenters. The molecule has 1 aromatic rings. The number of nitrogens with two attached hydrogens (primary N) is 1. The van der Waals surface area contributed by atoms with Gasteiger partial charge < -0.3 is 10.5 Å². The van der Waals surface area contributed by atoms with E-state index in [-0.39, 0.29) is 5.54 Å². The zero-order chi connectivity index (χ0) is 12.6. The highest BCUT2D eigenvalue weighted by molar-refractivity contribution is 5.51. The monoisotopic (exact) mass is 233 g/mol. The molecule has 1 aliphatic carbocycles. The maximum atomic E-state index is 6.53. The van der Waals surface area contributed by atoms with Crippen molar-refractivity contribution in [1.82, 2.24) is 0 Å². The summed E-state index contributed by atoms with van der Waals surface area (Å²) in [5.74, 6) is 1.49. The van der Waals surface area contributed by atoms with Gasteiger partial charge in [0, 0.05) is 11.1 Å². The van der Waals surface area contributed by atoms with E-state index in [9.17, 15) is 0 Å². The first-order valence-electron chi connectivity index (χ1n) is 6.46. The summed E-state index contributed by atoms with van der Waals surface area (Å²) < 4.78 is 5.61. The van der Waals surface area contributed by atoms with Crippen LogP contribution in [0.15, 0.2) is 12.1 Å². The van der Waals surface area contributed by atoms with E-state index in [1.165, 1.54) is 23.1 Å². The van der Waals surface area contributed by atoms with E-state index in [4.69, 9.17) is 10.5 Å². The van der Waals surface area contributed by atoms with Crippen LogP contribution in [0.3, 0.4) is 0 Å². The third kappa shape index (κ3) is 1.95. The predicted octanol–water partition coefficient (Wildman–Crippen LogP) is 3.46. The van der Waals surface area contributed by atoms with Gasteiger partial charge in [0.15, 0.2) is 0 Å². The van der Waals surface area contributed by atoms with Crippen LogP contribution in [-0.2, 0) is 5.54 Å². The molecule has 1 aromatic carbocycles. The average Bonchev–Trinajstić information content (AvgIpc) is 2.25. The smallest absolute Gasteiger partial charge is 0.127 e. The summed E-state index contributed by atoms with van der Waals surface area (Å²) in [5, 5.41) is 0. The average molecular weight is 233 g/mol. The van der Waals surface area contributed by atoms with Gasteiger partial charge in [0.1, 0.15) is 5.75 Å². The fraction of sp³-hybridized carbons (Fsp3) is 0.600. The maximum absolute atomic E-state index is 6.53. The van der Waals surface area contributed by atoms with Gasteiger partial charge in [0.05, 0.1) is 7.11 Å². The summed E-state index contributed by atoms with van der Waals surface area (Å²) in [6.45, 7) is 6.53. The van der Waals surface area contributed by atoms with Gasteiger partial charge in [-0.05, 0) is 43.2 Å². The molecule has 0 heterocycles. The zero-order valence-corrected chi connectivity index (χ0v) is 11.3. The number of hydrogen-bond acceptors (Lipinski definition) is 2. The molecular weight excluding hydrogens is 210 g/mol. The van der Waals surface area contributed by atoms with Crippen molar-refractivity contribution in [1.29, 1.82) is 0 Å². The van der Waals surface area contributed by atoms with Crippen LogP contribution in [0.25, 0.3) is 0 Å². The van der Waals surface area contributed by atoms with Crippen LogP contribution in [0.4, 0.5) is 0 Å². The lowest BCUT2D eigenvalue weighted by Gasteiger charge is -2.41. The molecule has 1 fully saturated rings. The zero-order valence-electron chi connectivity index (χ0n) is 11.3. The van der Waals surface area contributed by atoms with E-state index >= 15 is 0 Å². The fourth-order valence-corrected chi connectivity index (χ4v) is 2.77. The van der Waals surface area contributed by atoms with Crippen LogP contribution >= 0.6 is 0 Å². The summed E-state index contributed by atoms with van der Waals surface area (Å²) in [6, 6.07) is 4.35. The molecule has 0 unspecified atom stereocenters. The predicted molar refractivity (Wildman–Crippen MR) is 71.5 cm³/mol. The van der Waals surface area contributed by atoms with Crippen molar-refractivity contribution in [2.75, 3.05) is 7.11 Å². The van der Waals surface area contributed by atoms with Gasteiger partial charge >= 0.3 is 0 Å². The van der Waals surface area contributed by atoms with Crippen LogP contribution < -0.4 is 10.5 Å². The summed E-state index contributed by atoms with van der Waals surface area (Å²) in [6.07, 6.45) is 3.38. The number of hydrogen-bond donors (Lipinski definition) is 1. The minimum Gasteiger partial charge on any atom is -0.496 e. The molecule has 0 aliphatic heterocycles. The Hall–Kier alpha value is -1.02. The van der Waals surface area contributed by atoms with E-state index < -0.39 is 0 Å². The summed E-state index contributed by atoms with van der Waals surface area (Å²) >= 11 is 0. The van der Waals surface area contributed by atoms with Crippen LogP contribution in [0.5, 0.6) is 5.75 Å². The Kier molecular flexibility index (Phi) is 3.17. The lowest BCUT2D eigenvalue weighted by Crippen LogP contribution is -2.44. The molecular formula is C15H23NO. The molecule has 17 heavy (non-hydrogen) atoms. The Morgan fingerprint density at radius 3 is 2.35 bits per heavy atom. The van der Waals surface area contributed by atoms with Gasteiger partial charge in [-0.25, -0.2) is 0 Å². The van der Waals surface area contributed by atoms with Crippen LogP contribution in [-0.4, -0.2) is 7.11 Å². The van der Waals surface area contributed by atoms with Gasteiger partial charge in [-0.1, -0.05) is 26.0 Å². The second-order valence-electron chi connectivity index (χ2n) is 5.54. The van der Waals surface area contributed by atoms with Crippen molar-refractivity contribution < 1.29 is 4.74 Å². The van der Waals surface area contributed by atoms with Gasteiger partial charge in [-0.3, -0.25) is 0 Å². The Morgan fingerprint density at radius 1 is 1.29 bits per heavy atom. The minimum atomic E-state index is -0.156. The molecule has 0 spiro atoms. The van der Waals surface area contributed by atoms with Crippen molar-refractivity contribution >= 4 is 0 Å². The van der Waals surface area contributed by atoms with Crippen molar-refractivity contribution in [2.45, 2.75) is 51.5 Å². The van der Waals surface area contributed by atoms with E-state index in [2.05, 4.69) is 32.9 Å². The molecule has 0 amide bonds. The molecule has 94 valence electrons. The molecule has 0 aromatic heterocycles. The van der Waals surface area contributed by atoms with Crippen molar-refractivity contribution in [3.8, 4) is 5.75 Å². The maximum Gasteiger partial charge on any atom is 0.127 e. The Balaban J connectivity index is 2.62. The van der Waals surface area contributed by atoms with Gasteiger partial charge in [0.2, 0.25) is 0 Å². The normalized spacial score (nSPS) is 18.0. The molecule has 0 saturated heterocycles. The Bertz CT molecular complexity index is 419. The van der Waals surface area contributed by atoms with Crippen molar-refractivity contribution in [2.24, 2.45) is 5.73 Å². The molecule has 1 aliphatic rings. The third-order valence-corrected chi connectivity index (χ3v) is 3.96. The third-order valence-electron chi connectivity index (χ3n) is 3.96. The molecule has 2 rings (SSSR count). The SMILES string of the molecule is COc1c(C)ccc(C(C)C)c1C1(N)CCC1. The van der Waals surface area contributed by atoms with Gasteiger partial charge in [0.25, 0.3) is 0 Å². The van der Waals surface area contributed by atoms with Crippen LogP contribution in [0, 0.1) is 6.92 Å². The molecule has 2 heteroatoms. The molecule has 0 radical (unpaired) electrons. The minimum absolute atomic E-state index is 0.156. The van der Waals surface area contributed by atoms with Gasteiger partial charge in [-0.15, -0.1) is 0 Å². The van der Waals surface area contributed by atoms with E-state index in [1.54, 1.807) is 7.11 Å².